The monoisotopic (exact) mass is 347 g/mol. The lowest BCUT2D eigenvalue weighted by Crippen LogP contribution is -2.36. The number of hydrogen-bond acceptors (Lipinski definition) is 4. The summed E-state index contributed by atoms with van der Waals surface area (Å²) in [7, 11) is -1.58. The molecule has 0 bridgehead atoms. The Morgan fingerprint density at radius 1 is 1.45 bits per heavy atom. The van der Waals surface area contributed by atoms with Crippen molar-refractivity contribution in [1.82, 2.24) is 14.7 Å². The van der Waals surface area contributed by atoms with Gasteiger partial charge in [0.25, 0.3) is 0 Å². The minimum absolute atomic E-state index is 0.0456. The van der Waals surface area contributed by atoms with Crippen LogP contribution in [0.2, 0.25) is 5.15 Å². The third-order valence-electron chi connectivity index (χ3n) is 3.96. The Balaban J connectivity index is 2.22. The van der Waals surface area contributed by atoms with Gasteiger partial charge in [-0.3, -0.25) is 9.48 Å². The molecule has 8 heteroatoms. The van der Waals surface area contributed by atoms with E-state index >= 15 is 0 Å². The normalized spacial score (nSPS) is 18.9. The van der Waals surface area contributed by atoms with E-state index < -0.39 is 15.6 Å². The van der Waals surface area contributed by atoms with Gasteiger partial charge >= 0.3 is 0 Å². The lowest BCUT2D eigenvalue weighted by Gasteiger charge is -2.25. The number of hydrogen-bond donors (Lipinski definition) is 0. The van der Waals surface area contributed by atoms with Crippen LogP contribution < -0.4 is 0 Å². The first-order chi connectivity index (χ1) is 10.3. The number of carbonyl (C=O) groups is 1. The van der Waals surface area contributed by atoms with Crippen LogP contribution in [0.15, 0.2) is 0 Å². The van der Waals surface area contributed by atoms with Crippen LogP contribution in [0.3, 0.4) is 0 Å². The minimum Gasteiger partial charge on any atom is -0.335 e. The first kappa shape index (κ1) is 17.3. The molecule has 1 aromatic rings. The van der Waals surface area contributed by atoms with Crippen LogP contribution in [-0.2, 0) is 21.7 Å². The number of aryl methyl sites for hydroxylation is 2. The fourth-order valence-corrected chi connectivity index (χ4v) is 4.65. The van der Waals surface area contributed by atoms with Crippen LogP contribution in [0.4, 0.5) is 0 Å². The number of rotatable bonds is 5. The van der Waals surface area contributed by atoms with Crippen LogP contribution >= 0.6 is 11.6 Å². The van der Waals surface area contributed by atoms with Crippen molar-refractivity contribution >= 4 is 27.3 Å². The van der Waals surface area contributed by atoms with Crippen molar-refractivity contribution in [1.29, 1.82) is 0 Å². The highest BCUT2D eigenvalue weighted by molar-refractivity contribution is 7.92. The molecule has 0 N–H and O–H groups in total. The van der Waals surface area contributed by atoms with Gasteiger partial charge in [0, 0.05) is 19.2 Å². The number of carbonyl (C=O) groups excluding carboxylic acids is 1. The summed E-state index contributed by atoms with van der Waals surface area (Å²) < 4.78 is 25.4. The highest BCUT2D eigenvalue weighted by Crippen LogP contribution is 2.37. The van der Waals surface area contributed by atoms with Gasteiger partial charge in [-0.1, -0.05) is 18.5 Å². The SMILES string of the molecule is CCCS(=O)(=O)CC(=O)N1CCCC1c1c(C)nn(C)c1Cl. The molecule has 2 rings (SSSR count). The number of aromatic nitrogens is 2. The van der Waals surface area contributed by atoms with E-state index in [0.29, 0.717) is 18.1 Å². The van der Waals surface area contributed by atoms with Crippen LogP contribution in [0.25, 0.3) is 0 Å². The van der Waals surface area contributed by atoms with Crippen LogP contribution in [0.5, 0.6) is 0 Å². The van der Waals surface area contributed by atoms with Crippen molar-refractivity contribution in [3.63, 3.8) is 0 Å². The van der Waals surface area contributed by atoms with Crippen molar-refractivity contribution in [2.75, 3.05) is 18.1 Å². The van der Waals surface area contributed by atoms with Crippen LogP contribution in [-0.4, -0.2) is 47.1 Å². The Morgan fingerprint density at radius 3 is 2.68 bits per heavy atom. The standard InChI is InChI=1S/C14H22ClN3O3S/c1-4-8-22(20,21)9-12(19)18-7-5-6-11(18)13-10(2)16-17(3)14(13)15/h11H,4-9H2,1-3H3. The van der Waals surface area contributed by atoms with Gasteiger partial charge in [0.15, 0.2) is 9.84 Å². The maximum Gasteiger partial charge on any atom is 0.238 e. The molecule has 0 saturated carbocycles. The van der Waals surface area contributed by atoms with Crippen LogP contribution in [0, 0.1) is 6.92 Å². The molecule has 0 radical (unpaired) electrons. The highest BCUT2D eigenvalue weighted by atomic mass is 35.5. The lowest BCUT2D eigenvalue weighted by atomic mass is 10.1. The second-order valence-electron chi connectivity index (χ2n) is 5.75. The summed E-state index contributed by atoms with van der Waals surface area (Å²) in [6, 6.07) is -0.175. The maximum absolute atomic E-state index is 12.4. The lowest BCUT2D eigenvalue weighted by molar-refractivity contribution is -0.129. The molecule has 1 atom stereocenters. The zero-order valence-electron chi connectivity index (χ0n) is 13.2. The molecule has 22 heavy (non-hydrogen) atoms. The third kappa shape index (κ3) is 3.46. The molecule has 1 amide bonds. The first-order valence-corrected chi connectivity index (χ1v) is 9.65. The summed E-state index contributed by atoms with van der Waals surface area (Å²) in [5, 5.41) is 4.79. The average molecular weight is 348 g/mol. The predicted molar refractivity (Wildman–Crippen MR) is 85.6 cm³/mol. The molecule has 0 aromatic carbocycles. The van der Waals surface area contributed by atoms with Crippen molar-refractivity contribution in [2.24, 2.45) is 7.05 Å². The Bertz CT molecular complexity index is 669. The molecule has 1 fully saturated rings. The summed E-state index contributed by atoms with van der Waals surface area (Å²) in [5.74, 6) is -0.715. The number of likely N-dealkylation sites (tertiary alicyclic amines) is 1. The molecular formula is C14H22ClN3O3S. The smallest absolute Gasteiger partial charge is 0.238 e. The highest BCUT2D eigenvalue weighted by Gasteiger charge is 2.35. The largest absolute Gasteiger partial charge is 0.335 e. The Hall–Kier alpha value is -1.08. The molecule has 0 spiro atoms. The number of amides is 1. The zero-order valence-corrected chi connectivity index (χ0v) is 14.7. The quantitative estimate of drug-likeness (QED) is 0.815. The van der Waals surface area contributed by atoms with Gasteiger partial charge in [-0.25, -0.2) is 8.42 Å². The fourth-order valence-electron chi connectivity index (χ4n) is 3.04. The van der Waals surface area contributed by atoms with E-state index in [1.807, 2.05) is 6.92 Å². The Kier molecular flexibility index (Phi) is 5.17. The second kappa shape index (κ2) is 6.58. The van der Waals surface area contributed by atoms with Gasteiger partial charge in [0.2, 0.25) is 5.91 Å². The molecule has 1 aliphatic heterocycles. The Labute approximate surface area is 136 Å². The van der Waals surface area contributed by atoms with E-state index in [-0.39, 0.29) is 17.7 Å². The van der Waals surface area contributed by atoms with Gasteiger partial charge in [0.1, 0.15) is 10.9 Å². The predicted octanol–water partition coefficient (Wildman–Crippen LogP) is 1.87. The second-order valence-corrected chi connectivity index (χ2v) is 8.29. The van der Waals surface area contributed by atoms with Crippen molar-refractivity contribution < 1.29 is 13.2 Å². The fraction of sp³-hybridized carbons (Fsp3) is 0.714. The van der Waals surface area contributed by atoms with Crippen molar-refractivity contribution in [2.45, 2.75) is 39.2 Å². The first-order valence-electron chi connectivity index (χ1n) is 7.45. The topological polar surface area (TPSA) is 72.3 Å². The molecule has 1 saturated heterocycles. The van der Waals surface area contributed by atoms with Crippen LogP contribution in [0.1, 0.15) is 43.5 Å². The molecule has 6 nitrogen and oxygen atoms in total. The van der Waals surface area contributed by atoms with E-state index in [2.05, 4.69) is 5.10 Å². The molecule has 1 aliphatic rings. The summed E-state index contributed by atoms with van der Waals surface area (Å²) in [6.07, 6.45) is 2.15. The number of nitrogens with zero attached hydrogens (tertiary/aromatic N) is 3. The summed E-state index contributed by atoms with van der Waals surface area (Å²) in [5.41, 5.74) is 1.62. The molecule has 124 valence electrons. The summed E-state index contributed by atoms with van der Waals surface area (Å²) >= 11 is 6.29. The zero-order chi connectivity index (χ0) is 16.5. The third-order valence-corrected chi connectivity index (χ3v) is 6.13. The number of halogens is 1. The van der Waals surface area contributed by atoms with E-state index in [9.17, 15) is 13.2 Å². The van der Waals surface area contributed by atoms with Gasteiger partial charge < -0.3 is 4.90 Å². The molecule has 1 unspecified atom stereocenters. The number of sulfone groups is 1. The maximum atomic E-state index is 12.4. The molecule has 0 aliphatic carbocycles. The van der Waals surface area contributed by atoms with Gasteiger partial charge in [-0.2, -0.15) is 5.10 Å². The average Bonchev–Trinajstić information content (AvgIpc) is 2.95. The van der Waals surface area contributed by atoms with E-state index in [1.165, 1.54) is 0 Å². The van der Waals surface area contributed by atoms with Crippen molar-refractivity contribution in [3.05, 3.63) is 16.4 Å². The summed E-state index contributed by atoms with van der Waals surface area (Å²) in [4.78, 5) is 14.1. The molecular weight excluding hydrogens is 326 g/mol. The van der Waals surface area contributed by atoms with E-state index in [1.54, 1.807) is 23.6 Å². The van der Waals surface area contributed by atoms with Crippen molar-refractivity contribution in [3.8, 4) is 0 Å². The molecule has 1 aromatic heterocycles. The minimum atomic E-state index is -3.33. The molecule has 2 heterocycles. The van der Waals surface area contributed by atoms with Gasteiger partial charge in [0.05, 0.1) is 17.5 Å². The van der Waals surface area contributed by atoms with E-state index in [4.69, 9.17) is 11.6 Å². The van der Waals surface area contributed by atoms with E-state index in [0.717, 1.165) is 24.1 Å². The van der Waals surface area contributed by atoms with Gasteiger partial charge in [-0.05, 0) is 26.2 Å². The summed E-state index contributed by atoms with van der Waals surface area (Å²) in [6.45, 7) is 4.21. The van der Waals surface area contributed by atoms with Gasteiger partial charge in [-0.15, -0.1) is 0 Å². The Morgan fingerprint density at radius 2 is 2.14 bits per heavy atom.